The Morgan fingerprint density at radius 2 is 0.974 bits per heavy atom. The molecule has 0 atom stereocenters. The van der Waals surface area contributed by atoms with Crippen LogP contribution in [-0.2, 0) is 19.2 Å². The van der Waals surface area contributed by atoms with E-state index >= 15 is 0 Å². The number of anilines is 2. The Labute approximate surface area is 223 Å². The molecule has 0 radical (unpaired) electrons. The molecule has 0 saturated carbocycles. The van der Waals surface area contributed by atoms with Crippen LogP contribution < -0.4 is 10.6 Å². The predicted octanol–water partition coefficient (Wildman–Crippen LogP) is 5.18. The molecular weight excluding hydrogens is 496 g/mol. The lowest BCUT2D eigenvalue weighted by Crippen LogP contribution is -2.10. The highest BCUT2D eigenvalue weighted by Gasteiger charge is 2.18. The van der Waals surface area contributed by atoms with Crippen LogP contribution in [0.4, 0.5) is 11.4 Å². The molecule has 0 bridgehead atoms. The number of benzene rings is 4. The summed E-state index contributed by atoms with van der Waals surface area (Å²) in [5.41, 5.74) is 3.97. The van der Waals surface area contributed by atoms with E-state index in [1.54, 1.807) is 24.3 Å². The number of fused-ring (bicyclic) bond motifs is 1. The zero-order valence-electron chi connectivity index (χ0n) is 20.6. The van der Waals surface area contributed by atoms with Crippen LogP contribution in [0.25, 0.3) is 10.8 Å². The molecule has 4 aromatic carbocycles. The molecule has 0 spiro atoms. The fourth-order valence-electron chi connectivity index (χ4n) is 4.14. The van der Waals surface area contributed by atoms with Gasteiger partial charge < -0.3 is 20.8 Å². The average molecular weight is 521 g/mol. The number of carbonyl (C=O) groups is 4. The fraction of sp³-hybridized carbons (Fsp3) is 0.0323. The fourth-order valence-corrected chi connectivity index (χ4v) is 4.14. The Kier molecular flexibility index (Phi) is 8.28. The Hall–Kier alpha value is -5.50. The summed E-state index contributed by atoms with van der Waals surface area (Å²) in [6.45, 7) is 0. The molecule has 4 N–H and O–H groups in total. The van der Waals surface area contributed by atoms with E-state index in [0.717, 1.165) is 51.8 Å². The summed E-state index contributed by atoms with van der Waals surface area (Å²) < 4.78 is 0. The first-order chi connectivity index (χ1) is 18.8. The molecule has 0 unspecified atom stereocenters. The standard InChI is InChI=1S/C31H24N2O6/c34-27(15-17-29(36)37)32-25-11-7-21(8-12-25)31(24-6-5-20-3-1-2-4-23(20)19-24)22-9-13-26(14-10-22)33-28(35)16-18-30(38)39/h1-19,31H,(H,32,34)(H,33,35)(H,36,37)(H,38,39)/b17-15+,18-16+. The first kappa shape index (κ1) is 26.6. The van der Waals surface area contributed by atoms with Crippen LogP contribution in [0.1, 0.15) is 22.6 Å². The van der Waals surface area contributed by atoms with Gasteiger partial charge in [0.15, 0.2) is 0 Å². The van der Waals surface area contributed by atoms with Crippen LogP contribution in [0.3, 0.4) is 0 Å². The van der Waals surface area contributed by atoms with Crippen molar-refractivity contribution in [1.82, 2.24) is 0 Å². The number of hydrogen-bond donors (Lipinski definition) is 4. The van der Waals surface area contributed by atoms with E-state index in [9.17, 15) is 19.2 Å². The second kappa shape index (κ2) is 12.2. The van der Waals surface area contributed by atoms with Gasteiger partial charge in [-0.25, -0.2) is 9.59 Å². The third-order valence-corrected chi connectivity index (χ3v) is 5.88. The Bertz CT molecular complexity index is 1510. The number of nitrogens with one attached hydrogen (secondary N) is 2. The number of amides is 2. The third-order valence-electron chi connectivity index (χ3n) is 5.88. The van der Waals surface area contributed by atoms with Crippen molar-refractivity contribution in [2.24, 2.45) is 0 Å². The zero-order valence-corrected chi connectivity index (χ0v) is 20.6. The normalized spacial score (nSPS) is 11.2. The van der Waals surface area contributed by atoms with E-state index in [4.69, 9.17) is 10.2 Å². The van der Waals surface area contributed by atoms with Gasteiger partial charge in [0.2, 0.25) is 11.8 Å². The average Bonchev–Trinajstić information content (AvgIpc) is 2.93. The number of aliphatic carboxylic acids is 2. The molecule has 0 aliphatic heterocycles. The van der Waals surface area contributed by atoms with E-state index < -0.39 is 23.8 Å². The van der Waals surface area contributed by atoms with Crippen molar-refractivity contribution in [2.45, 2.75) is 5.92 Å². The predicted molar refractivity (Wildman–Crippen MR) is 149 cm³/mol. The van der Waals surface area contributed by atoms with Gasteiger partial charge in [0.1, 0.15) is 0 Å². The molecule has 0 aliphatic rings. The van der Waals surface area contributed by atoms with Crippen molar-refractivity contribution >= 4 is 45.9 Å². The highest BCUT2D eigenvalue weighted by molar-refractivity contribution is 6.03. The highest BCUT2D eigenvalue weighted by Crippen LogP contribution is 2.34. The van der Waals surface area contributed by atoms with Crippen molar-refractivity contribution in [1.29, 1.82) is 0 Å². The lowest BCUT2D eigenvalue weighted by molar-refractivity contribution is -0.132. The van der Waals surface area contributed by atoms with E-state index in [1.807, 2.05) is 48.5 Å². The van der Waals surface area contributed by atoms with Gasteiger partial charge in [-0.3, -0.25) is 9.59 Å². The van der Waals surface area contributed by atoms with E-state index in [0.29, 0.717) is 11.4 Å². The first-order valence-corrected chi connectivity index (χ1v) is 11.9. The minimum absolute atomic E-state index is 0.178. The number of hydrogen-bond acceptors (Lipinski definition) is 4. The summed E-state index contributed by atoms with van der Waals surface area (Å²) in [7, 11) is 0. The van der Waals surface area contributed by atoms with Crippen molar-refractivity contribution in [3.63, 3.8) is 0 Å². The molecule has 0 aromatic heterocycles. The van der Waals surface area contributed by atoms with E-state index in [2.05, 4.69) is 28.8 Å². The number of carbonyl (C=O) groups excluding carboxylic acids is 2. The largest absolute Gasteiger partial charge is 0.478 e. The number of rotatable bonds is 9. The summed E-state index contributed by atoms with van der Waals surface area (Å²) in [5, 5.41) is 24.9. The Morgan fingerprint density at radius 3 is 1.44 bits per heavy atom. The highest BCUT2D eigenvalue weighted by atomic mass is 16.4. The maximum atomic E-state index is 12.0. The SMILES string of the molecule is O=C(O)/C=C/C(=O)Nc1ccc(C(c2ccc(NC(=O)/C=C/C(=O)O)cc2)c2ccc3ccccc3c2)cc1. The quantitative estimate of drug-likeness (QED) is 0.178. The first-order valence-electron chi connectivity index (χ1n) is 11.9. The topological polar surface area (TPSA) is 133 Å². The van der Waals surface area contributed by atoms with Crippen molar-refractivity contribution in [2.75, 3.05) is 10.6 Å². The second-order valence-corrected chi connectivity index (χ2v) is 8.61. The number of carboxylic acid groups (broad SMARTS) is 2. The minimum atomic E-state index is -1.21. The molecule has 0 saturated heterocycles. The lowest BCUT2D eigenvalue weighted by atomic mass is 9.84. The van der Waals surface area contributed by atoms with Crippen molar-refractivity contribution < 1.29 is 29.4 Å². The van der Waals surface area contributed by atoms with Gasteiger partial charge in [-0.15, -0.1) is 0 Å². The number of carboxylic acids is 2. The van der Waals surface area contributed by atoms with Crippen LogP contribution in [0.2, 0.25) is 0 Å². The minimum Gasteiger partial charge on any atom is -0.478 e. The molecule has 0 fully saturated rings. The Balaban J connectivity index is 1.65. The van der Waals surface area contributed by atoms with Crippen LogP contribution in [0.5, 0.6) is 0 Å². The third kappa shape index (κ3) is 7.27. The molecule has 0 heterocycles. The second-order valence-electron chi connectivity index (χ2n) is 8.61. The summed E-state index contributed by atoms with van der Waals surface area (Å²) in [5.74, 6) is -3.69. The molecule has 194 valence electrons. The van der Waals surface area contributed by atoms with Crippen LogP contribution in [0.15, 0.2) is 115 Å². The summed E-state index contributed by atoms with van der Waals surface area (Å²) in [4.78, 5) is 45.2. The van der Waals surface area contributed by atoms with E-state index in [-0.39, 0.29) is 5.92 Å². The molecule has 8 heteroatoms. The van der Waals surface area contributed by atoms with Gasteiger partial charge in [0.25, 0.3) is 0 Å². The maximum Gasteiger partial charge on any atom is 0.328 e. The van der Waals surface area contributed by atoms with Gasteiger partial charge in [-0.1, -0.05) is 66.7 Å². The molecule has 4 rings (SSSR count). The molecule has 39 heavy (non-hydrogen) atoms. The van der Waals surface area contributed by atoms with Gasteiger partial charge in [-0.2, -0.15) is 0 Å². The maximum absolute atomic E-state index is 12.0. The lowest BCUT2D eigenvalue weighted by Gasteiger charge is -2.20. The zero-order chi connectivity index (χ0) is 27.8. The van der Waals surface area contributed by atoms with Gasteiger partial charge in [0.05, 0.1) is 0 Å². The molecular formula is C31H24N2O6. The van der Waals surface area contributed by atoms with Gasteiger partial charge in [-0.05, 0) is 51.7 Å². The molecule has 2 amide bonds. The summed E-state index contributed by atoms with van der Waals surface area (Å²) in [6, 6.07) is 28.9. The smallest absolute Gasteiger partial charge is 0.328 e. The monoisotopic (exact) mass is 520 g/mol. The van der Waals surface area contributed by atoms with Gasteiger partial charge >= 0.3 is 11.9 Å². The van der Waals surface area contributed by atoms with Crippen LogP contribution in [0, 0.1) is 0 Å². The molecule has 4 aromatic rings. The van der Waals surface area contributed by atoms with Crippen molar-refractivity contribution in [3.8, 4) is 0 Å². The van der Waals surface area contributed by atoms with Crippen LogP contribution in [-0.4, -0.2) is 34.0 Å². The summed E-state index contributed by atoms with van der Waals surface area (Å²) in [6.07, 6.45) is 3.44. The summed E-state index contributed by atoms with van der Waals surface area (Å²) >= 11 is 0. The van der Waals surface area contributed by atoms with Crippen molar-refractivity contribution in [3.05, 3.63) is 132 Å². The van der Waals surface area contributed by atoms with Crippen LogP contribution >= 0.6 is 0 Å². The Morgan fingerprint density at radius 1 is 0.538 bits per heavy atom. The van der Waals surface area contributed by atoms with Gasteiger partial charge in [0, 0.05) is 41.6 Å². The van der Waals surface area contributed by atoms with E-state index in [1.165, 1.54) is 0 Å². The molecule has 8 nitrogen and oxygen atoms in total. The molecule has 0 aliphatic carbocycles.